The largest absolute Gasteiger partial charge is 0.462 e. The SMILES string of the molecule is C=C(C)C(=O)OCCO[n+]1ccc(C(=O)OCCCCCCC)cc1.O=S(=O)(O)C(F)(F)C(F)(F)C(F)(F)S(=O)(=O)Oc1c(C2CCCCC2)cc(C2CCCCC2)cc1C1CCCCC1. The number of halogens is 6. The number of carbonyl (C=O) groups is 2. The van der Waals surface area contributed by atoms with Gasteiger partial charge in [0.1, 0.15) is 12.4 Å². The molecule has 372 valence electrons. The number of unbranched alkanes of at least 4 members (excludes halogenated alkanes) is 4. The van der Waals surface area contributed by atoms with Crippen molar-refractivity contribution in [3.63, 3.8) is 0 Å². The smallest absolute Gasteiger partial charge is 0.450 e. The molecule has 3 aliphatic carbocycles. The molecule has 0 atom stereocenters. The zero-order valence-corrected chi connectivity index (χ0v) is 39.4. The molecule has 0 spiro atoms. The van der Waals surface area contributed by atoms with Crippen molar-refractivity contribution >= 4 is 32.2 Å². The first-order valence-corrected chi connectivity index (χ1v) is 25.8. The van der Waals surface area contributed by atoms with Gasteiger partial charge in [-0.1, -0.05) is 109 Å². The number of nitrogens with zero attached hydrogens (tertiary/aromatic N) is 1. The highest BCUT2D eigenvalue weighted by molar-refractivity contribution is 7.88. The van der Waals surface area contributed by atoms with Crippen LogP contribution in [0.5, 0.6) is 5.75 Å². The molecule has 0 amide bonds. The Bertz CT molecular complexity index is 2100. The summed E-state index contributed by atoms with van der Waals surface area (Å²) < 4.78 is 159. The summed E-state index contributed by atoms with van der Waals surface area (Å²) >= 11 is 0. The summed E-state index contributed by atoms with van der Waals surface area (Å²) in [5.74, 6) is -8.89. The summed E-state index contributed by atoms with van der Waals surface area (Å²) in [5.41, 5.74) is 2.27. The molecule has 1 aromatic carbocycles. The number of ether oxygens (including phenoxy) is 2. The minimum Gasteiger partial charge on any atom is -0.462 e. The Labute approximate surface area is 384 Å². The van der Waals surface area contributed by atoms with Crippen LogP contribution in [0.1, 0.15) is 187 Å². The first-order chi connectivity index (χ1) is 31.1. The quantitative estimate of drug-likeness (QED) is 0.0241. The second-order valence-corrected chi connectivity index (χ2v) is 20.5. The Hall–Kier alpha value is -3.91. The molecule has 5 rings (SSSR count). The lowest BCUT2D eigenvalue weighted by Crippen LogP contribution is -2.61. The molecular formula is C46H64F6NO11S2+. The summed E-state index contributed by atoms with van der Waals surface area (Å²) in [6.07, 6.45) is 20.7. The van der Waals surface area contributed by atoms with Crippen LogP contribution >= 0.6 is 0 Å². The van der Waals surface area contributed by atoms with Gasteiger partial charge in [-0.25, -0.2) is 9.59 Å². The van der Waals surface area contributed by atoms with Crippen LogP contribution in [0, 0.1) is 0 Å². The van der Waals surface area contributed by atoms with Crippen LogP contribution in [0.15, 0.2) is 48.8 Å². The molecule has 12 nitrogen and oxygen atoms in total. The highest BCUT2D eigenvalue weighted by atomic mass is 32.2. The van der Waals surface area contributed by atoms with Crippen molar-refractivity contribution in [3.8, 4) is 5.75 Å². The lowest BCUT2D eigenvalue weighted by atomic mass is 9.75. The van der Waals surface area contributed by atoms with Crippen LogP contribution in [-0.2, 0) is 34.5 Å². The van der Waals surface area contributed by atoms with Crippen LogP contribution in [0.25, 0.3) is 0 Å². The molecule has 3 aliphatic rings. The summed E-state index contributed by atoms with van der Waals surface area (Å²) in [7, 11) is -14.0. The summed E-state index contributed by atoms with van der Waals surface area (Å²) in [6.45, 7) is 8.02. The number of aromatic nitrogens is 1. The normalized spacial score (nSPS) is 17.3. The number of carbonyl (C=O) groups excluding carboxylic acids is 2. The summed E-state index contributed by atoms with van der Waals surface area (Å²) in [6, 6.07) is 6.65. The Morgan fingerprint density at radius 3 is 1.65 bits per heavy atom. The van der Waals surface area contributed by atoms with Crippen LogP contribution in [0.3, 0.4) is 0 Å². The molecule has 1 heterocycles. The molecule has 1 N–H and O–H groups in total. The fourth-order valence-electron chi connectivity index (χ4n) is 8.54. The van der Waals surface area contributed by atoms with E-state index in [9.17, 15) is 52.8 Å². The Morgan fingerprint density at radius 2 is 1.18 bits per heavy atom. The number of hydrogen-bond donors (Lipinski definition) is 1. The van der Waals surface area contributed by atoms with Gasteiger partial charge in [0.05, 0.1) is 12.2 Å². The molecule has 66 heavy (non-hydrogen) atoms. The highest BCUT2D eigenvalue weighted by Crippen LogP contribution is 2.53. The van der Waals surface area contributed by atoms with Crippen LogP contribution in [0.4, 0.5) is 26.3 Å². The highest BCUT2D eigenvalue weighted by Gasteiger charge is 2.83. The Morgan fingerprint density at radius 1 is 0.697 bits per heavy atom. The molecule has 3 saturated carbocycles. The average molecular weight is 985 g/mol. The van der Waals surface area contributed by atoms with Crippen LogP contribution < -0.4 is 13.8 Å². The van der Waals surface area contributed by atoms with Crippen molar-refractivity contribution in [2.45, 2.75) is 176 Å². The van der Waals surface area contributed by atoms with Crippen LogP contribution in [-0.4, -0.2) is 69.6 Å². The maximum absolute atomic E-state index is 14.9. The minimum atomic E-state index is -7.13. The minimum absolute atomic E-state index is 0.126. The van der Waals surface area contributed by atoms with E-state index in [1.807, 2.05) is 0 Å². The van der Waals surface area contributed by atoms with E-state index in [-0.39, 0.29) is 48.1 Å². The van der Waals surface area contributed by atoms with Gasteiger partial charge in [-0.15, -0.1) is 0 Å². The van der Waals surface area contributed by atoms with Gasteiger partial charge in [-0.2, -0.15) is 43.2 Å². The number of benzene rings is 1. The van der Waals surface area contributed by atoms with Crippen molar-refractivity contribution in [1.29, 1.82) is 0 Å². The molecule has 0 saturated heterocycles. The lowest BCUT2D eigenvalue weighted by molar-refractivity contribution is -0.891. The number of rotatable bonds is 21. The van der Waals surface area contributed by atoms with E-state index in [1.54, 1.807) is 43.6 Å². The van der Waals surface area contributed by atoms with Crippen molar-refractivity contribution in [3.05, 3.63) is 71.1 Å². The Balaban J connectivity index is 0.000000327. The van der Waals surface area contributed by atoms with Gasteiger partial charge in [0, 0.05) is 22.4 Å². The zero-order chi connectivity index (χ0) is 48.8. The molecule has 0 radical (unpaired) electrons. The number of hydrogen-bond acceptors (Lipinski definition) is 10. The van der Waals surface area contributed by atoms with Gasteiger partial charge >= 0.3 is 48.6 Å². The van der Waals surface area contributed by atoms with Crippen molar-refractivity contribution in [2.24, 2.45) is 0 Å². The van der Waals surface area contributed by atoms with E-state index in [0.717, 1.165) is 89.0 Å². The first kappa shape index (κ1) is 54.7. The molecule has 0 bridgehead atoms. The maximum Gasteiger partial charge on any atom is 0.450 e. The van der Waals surface area contributed by atoms with Crippen molar-refractivity contribution in [2.75, 3.05) is 19.8 Å². The third-order valence-electron chi connectivity index (χ3n) is 12.3. The first-order valence-electron chi connectivity index (χ1n) is 22.9. The number of alkyl halides is 6. The van der Waals surface area contributed by atoms with E-state index >= 15 is 0 Å². The fraction of sp³-hybridized carbons (Fsp3) is 0.674. The molecule has 3 fully saturated rings. The van der Waals surface area contributed by atoms with Crippen molar-refractivity contribution < 1.29 is 80.5 Å². The molecule has 1 aromatic heterocycles. The van der Waals surface area contributed by atoms with Gasteiger partial charge in [0.2, 0.25) is 12.4 Å². The van der Waals surface area contributed by atoms with Crippen molar-refractivity contribution in [1.82, 2.24) is 0 Å². The predicted octanol–water partition coefficient (Wildman–Crippen LogP) is 10.9. The monoisotopic (exact) mass is 984 g/mol. The molecule has 2 aromatic rings. The average Bonchev–Trinajstić information content (AvgIpc) is 3.29. The van der Waals surface area contributed by atoms with Gasteiger partial charge in [0.15, 0.2) is 6.61 Å². The topological polar surface area (TPSA) is 163 Å². The van der Waals surface area contributed by atoms with Gasteiger partial charge in [0.25, 0.3) is 0 Å². The van der Waals surface area contributed by atoms with E-state index in [2.05, 4.69) is 13.5 Å². The number of esters is 2. The van der Waals surface area contributed by atoms with E-state index in [0.29, 0.717) is 43.4 Å². The van der Waals surface area contributed by atoms with Gasteiger partial charge < -0.3 is 13.7 Å². The summed E-state index contributed by atoms with van der Waals surface area (Å²) in [4.78, 5) is 28.5. The zero-order valence-electron chi connectivity index (χ0n) is 37.7. The second kappa shape index (κ2) is 24.4. The maximum atomic E-state index is 14.9. The van der Waals surface area contributed by atoms with E-state index in [4.69, 9.17) is 23.0 Å². The summed E-state index contributed by atoms with van der Waals surface area (Å²) in [5, 5.41) is -13.5. The van der Waals surface area contributed by atoms with Gasteiger partial charge in [-0.05, 0) is 86.3 Å². The molecule has 20 heteroatoms. The molecule has 0 unspecified atom stereocenters. The van der Waals surface area contributed by atoms with E-state index < -0.39 is 48.4 Å². The van der Waals surface area contributed by atoms with Crippen LogP contribution in [0.2, 0.25) is 0 Å². The standard InChI is InChI=1S/C27H36F6O6S2.C19H28NO5/c28-25(29,26(30,31)40(34,35)36)27(32,33)41(37,38)39-24-22(19-12-6-2-7-13-19)16-21(18-10-4-1-5-11-18)17-23(24)20-14-8-3-9-15-20;1-4-5-6-7-8-13-23-19(22)17-9-11-20(12-10-17)25-15-14-24-18(21)16(2)3/h16-20H,1-15H2,(H,34,35,36);9-12H,2,4-8,13-15H2,1,3H3/q;+1. The number of pyridine rings is 1. The van der Waals surface area contributed by atoms with E-state index in [1.165, 1.54) is 24.0 Å². The third-order valence-corrected chi connectivity index (χ3v) is 14.5. The predicted molar refractivity (Wildman–Crippen MR) is 233 cm³/mol. The fourth-order valence-corrected chi connectivity index (χ4v) is 10.0. The second-order valence-electron chi connectivity index (χ2n) is 17.4. The lowest BCUT2D eigenvalue weighted by Gasteiger charge is -2.33. The molecule has 0 aliphatic heterocycles. The Kier molecular flexibility index (Phi) is 20.2. The molecular weight excluding hydrogens is 921 g/mol. The third kappa shape index (κ3) is 14.1. The van der Waals surface area contributed by atoms with Gasteiger partial charge in [-0.3, -0.25) is 9.39 Å².